The van der Waals surface area contributed by atoms with Gasteiger partial charge in [0.1, 0.15) is 0 Å². The Kier molecular flexibility index (Phi) is 4.41. The molecule has 7 heteroatoms. The highest BCUT2D eigenvalue weighted by Crippen LogP contribution is 2.27. The van der Waals surface area contributed by atoms with Crippen molar-refractivity contribution in [2.45, 2.75) is 18.2 Å². The Morgan fingerprint density at radius 3 is 2.48 bits per heavy atom. The van der Waals surface area contributed by atoms with Gasteiger partial charge in [0, 0.05) is 39.4 Å². The van der Waals surface area contributed by atoms with Crippen molar-refractivity contribution < 1.29 is 13.2 Å². The van der Waals surface area contributed by atoms with Crippen LogP contribution in [0.3, 0.4) is 0 Å². The Balaban J connectivity index is 2.21. The molecule has 1 amide bonds. The number of nitrogen functional groups attached to an aromatic ring is 1. The van der Waals surface area contributed by atoms with Crippen LogP contribution >= 0.6 is 0 Å². The summed E-state index contributed by atoms with van der Waals surface area (Å²) in [6, 6.07) is 4.82. The number of carbonyl (C=O) groups is 1. The fraction of sp³-hybridized carbons (Fsp3) is 0.500. The van der Waals surface area contributed by atoms with E-state index in [9.17, 15) is 13.2 Å². The van der Waals surface area contributed by atoms with Crippen molar-refractivity contribution >= 4 is 27.1 Å². The quantitative estimate of drug-likeness (QED) is 0.814. The molecular weight excluding hydrogens is 290 g/mol. The number of rotatable bonds is 2. The summed E-state index contributed by atoms with van der Waals surface area (Å²) in [6.45, 7) is 4.47. The van der Waals surface area contributed by atoms with E-state index < -0.39 is 9.84 Å². The first-order valence-corrected chi connectivity index (χ1v) is 8.78. The molecule has 2 N–H and O–H groups in total. The van der Waals surface area contributed by atoms with E-state index in [1.807, 2.05) is 4.90 Å². The van der Waals surface area contributed by atoms with Crippen LogP contribution in [0.25, 0.3) is 0 Å². The van der Waals surface area contributed by atoms with E-state index in [1.54, 1.807) is 19.1 Å². The summed E-state index contributed by atoms with van der Waals surface area (Å²) in [5.74, 6) is 0.0808. The molecule has 0 saturated carbocycles. The molecule has 1 aromatic rings. The highest BCUT2D eigenvalue weighted by atomic mass is 32.2. The fourth-order valence-electron chi connectivity index (χ4n) is 2.52. The molecule has 116 valence electrons. The minimum Gasteiger partial charge on any atom is -0.397 e. The van der Waals surface area contributed by atoms with Crippen molar-refractivity contribution in [1.29, 1.82) is 0 Å². The molecule has 1 aliphatic heterocycles. The molecule has 1 fully saturated rings. The SMILES string of the molecule is CC(=O)N1CCCN(c2ccc(S(C)(=O)=O)cc2N)CC1. The summed E-state index contributed by atoms with van der Waals surface area (Å²) < 4.78 is 23.1. The summed E-state index contributed by atoms with van der Waals surface area (Å²) in [4.78, 5) is 15.6. The van der Waals surface area contributed by atoms with Crippen molar-refractivity contribution in [3.05, 3.63) is 18.2 Å². The van der Waals surface area contributed by atoms with Gasteiger partial charge in [-0.25, -0.2) is 8.42 Å². The standard InChI is InChI=1S/C14H21N3O3S/c1-11(18)16-6-3-7-17(9-8-16)14-5-4-12(10-13(14)15)21(2,19)20/h4-5,10H,3,6-9,15H2,1-2H3. The first-order valence-electron chi connectivity index (χ1n) is 6.89. The molecule has 1 heterocycles. The second kappa shape index (κ2) is 5.93. The zero-order valence-corrected chi connectivity index (χ0v) is 13.2. The molecule has 0 spiro atoms. The van der Waals surface area contributed by atoms with Gasteiger partial charge in [-0.3, -0.25) is 4.79 Å². The minimum atomic E-state index is -3.25. The maximum Gasteiger partial charge on any atom is 0.219 e. The molecule has 1 saturated heterocycles. The van der Waals surface area contributed by atoms with Crippen molar-refractivity contribution in [3.8, 4) is 0 Å². The molecule has 0 atom stereocenters. The second-order valence-electron chi connectivity index (χ2n) is 5.34. The van der Waals surface area contributed by atoms with E-state index >= 15 is 0 Å². The average molecular weight is 311 g/mol. The number of anilines is 2. The highest BCUT2D eigenvalue weighted by molar-refractivity contribution is 7.90. The highest BCUT2D eigenvalue weighted by Gasteiger charge is 2.19. The predicted molar refractivity (Wildman–Crippen MR) is 83.0 cm³/mol. The third-order valence-electron chi connectivity index (χ3n) is 3.71. The molecule has 0 bridgehead atoms. The van der Waals surface area contributed by atoms with Gasteiger partial charge in [0.25, 0.3) is 0 Å². The Morgan fingerprint density at radius 1 is 1.19 bits per heavy atom. The monoisotopic (exact) mass is 311 g/mol. The topological polar surface area (TPSA) is 83.7 Å². The molecule has 21 heavy (non-hydrogen) atoms. The van der Waals surface area contributed by atoms with Crippen LogP contribution in [0.2, 0.25) is 0 Å². The predicted octanol–water partition coefficient (Wildman–Crippen LogP) is 0.731. The van der Waals surface area contributed by atoms with E-state index in [0.29, 0.717) is 18.8 Å². The maximum atomic E-state index is 11.5. The van der Waals surface area contributed by atoms with E-state index in [4.69, 9.17) is 5.73 Å². The van der Waals surface area contributed by atoms with Gasteiger partial charge < -0.3 is 15.5 Å². The number of sulfone groups is 1. The van der Waals surface area contributed by atoms with Crippen molar-refractivity contribution in [2.24, 2.45) is 0 Å². The van der Waals surface area contributed by atoms with Gasteiger partial charge in [0.15, 0.2) is 9.84 Å². The minimum absolute atomic E-state index is 0.0808. The molecule has 6 nitrogen and oxygen atoms in total. The Bertz CT molecular complexity index is 643. The third-order valence-corrected chi connectivity index (χ3v) is 4.82. The Morgan fingerprint density at radius 2 is 1.90 bits per heavy atom. The van der Waals surface area contributed by atoms with Crippen LogP contribution in [0.4, 0.5) is 11.4 Å². The Hall–Kier alpha value is -1.76. The molecular formula is C14H21N3O3S. The van der Waals surface area contributed by atoms with E-state index in [0.717, 1.165) is 31.5 Å². The third kappa shape index (κ3) is 3.66. The van der Waals surface area contributed by atoms with Crippen LogP contribution < -0.4 is 10.6 Å². The molecule has 0 aliphatic carbocycles. The molecule has 2 rings (SSSR count). The number of nitrogens with zero attached hydrogens (tertiary/aromatic N) is 2. The van der Waals surface area contributed by atoms with Crippen molar-refractivity contribution in [3.63, 3.8) is 0 Å². The van der Waals surface area contributed by atoms with Gasteiger partial charge in [-0.2, -0.15) is 0 Å². The number of hydrogen-bond acceptors (Lipinski definition) is 5. The maximum absolute atomic E-state index is 11.5. The van der Waals surface area contributed by atoms with Crippen LogP contribution in [0.1, 0.15) is 13.3 Å². The number of nitrogens with two attached hydrogens (primary N) is 1. The molecule has 0 radical (unpaired) electrons. The molecule has 0 aromatic heterocycles. The number of hydrogen-bond donors (Lipinski definition) is 1. The van der Waals surface area contributed by atoms with Crippen molar-refractivity contribution in [1.82, 2.24) is 4.90 Å². The number of amides is 1. The van der Waals surface area contributed by atoms with E-state index in [-0.39, 0.29) is 10.8 Å². The van der Waals surface area contributed by atoms with Gasteiger partial charge >= 0.3 is 0 Å². The lowest BCUT2D eigenvalue weighted by molar-refractivity contribution is -0.128. The van der Waals surface area contributed by atoms with Gasteiger partial charge in [-0.15, -0.1) is 0 Å². The van der Waals surface area contributed by atoms with Crippen LogP contribution in [0.5, 0.6) is 0 Å². The first kappa shape index (κ1) is 15.6. The Labute approximate surface area is 125 Å². The summed E-state index contributed by atoms with van der Waals surface area (Å²) in [6.07, 6.45) is 2.03. The van der Waals surface area contributed by atoms with Gasteiger partial charge in [-0.05, 0) is 24.6 Å². The number of benzene rings is 1. The van der Waals surface area contributed by atoms with Crippen LogP contribution in [0, 0.1) is 0 Å². The summed E-state index contributed by atoms with van der Waals surface area (Å²) >= 11 is 0. The van der Waals surface area contributed by atoms with E-state index in [1.165, 1.54) is 6.07 Å². The average Bonchev–Trinajstić information content (AvgIpc) is 2.63. The fourth-order valence-corrected chi connectivity index (χ4v) is 3.18. The van der Waals surface area contributed by atoms with Crippen LogP contribution in [0.15, 0.2) is 23.1 Å². The smallest absolute Gasteiger partial charge is 0.219 e. The van der Waals surface area contributed by atoms with Gasteiger partial charge in [-0.1, -0.05) is 0 Å². The summed E-state index contributed by atoms with van der Waals surface area (Å²) in [5, 5.41) is 0. The molecule has 1 aliphatic rings. The lowest BCUT2D eigenvalue weighted by Gasteiger charge is -2.25. The second-order valence-corrected chi connectivity index (χ2v) is 7.36. The lowest BCUT2D eigenvalue weighted by Crippen LogP contribution is -2.33. The molecule has 0 unspecified atom stereocenters. The normalized spacial score (nSPS) is 16.7. The van der Waals surface area contributed by atoms with Gasteiger partial charge in [0.2, 0.25) is 5.91 Å². The molecule has 1 aromatic carbocycles. The largest absolute Gasteiger partial charge is 0.397 e. The van der Waals surface area contributed by atoms with E-state index in [2.05, 4.69) is 4.90 Å². The van der Waals surface area contributed by atoms with Gasteiger partial charge in [0.05, 0.1) is 16.3 Å². The van der Waals surface area contributed by atoms with Crippen LogP contribution in [-0.2, 0) is 14.6 Å². The lowest BCUT2D eigenvalue weighted by atomic mass is 10.2. The number of carbonyl (C=O) groups excluding carboxylic acids is 1. The summed E-state index contributed by atoms with van der Waals surface area (Å²) in [5.41, 5.74) is 7.29. The zero-order valence-electron chi connectivity index (χ0n) is 12.4. The van der Waals surface area contributed by atoms with Crippen molar-refractivity contribution in [2.75, 3.05) is 43.1 Å². The van der Waals surface area contributed by atoms with Crippen LogP contribution in [-0.4, -0.2) is 51.7 Å². The first-order chi connectivity index (χ1) is 9.79. The summed E-state index contributed by atoms with van der Waals surface area (Å²) in [7, 11) is -3.25. The zero-order chi connectivity index (χ0) is 15.6.